The van der Waals surface area contributed by atoms with Gasteiger partial charge >= 0.3 is 0 Å². The average Bonchev–Trinajstić information content (AvgIpc) is 3.02. The Kier molecular flexibility index (Phi) is 4.43. The van der Waals surface area contributed by atoms with Crippen molar-refractivity contribution in [1.29, 1.82) is 0 Å². The molecule has 1 N–H and O–H groups in total. The molecule has 2 atom stereocenters. The molecule has 0 heterocycles. The van der Waals surface area contributed by atoms with Gasteiger partial charge in [-0.1, -0.05) is 25.1 Å². The van der Waals surface area contributed by atoms with Crippen LogP contribution in [-0.2, 0) is 0 Å². The van der Waals surface area contributed by atoms with E-state index in [1.165, 1.54) is 31.6 Å². The van der Waals surface area contributed by atoms with Crippen molar-refractivity contribution in [2.75, 3.05) is 32.0 Å². The largest absolute Gasteiger partial charge is 0.385 e. The molecular formula is C15H24N2. The van der Waals surface area contributed by atoms with Gasteiger partial charge in [-0.3, -0.25) is 0 Å². The average molecular weight is 232 g/mol. The maximum Gasteiger partial charge on any atom is 0.0340 e. The molecule has 2 unspecified atom stereocenters. The highest BCUT2D eigenvalue weighted by Gasteiger charge is 2.32. The Bertz CT molecular complexity index is 323. The van der Waals surface area contributed by atoms with Crippen molar-refractivity contribution in [3.05, 3.63) is 30.3 Å². The molecule has 2 heteroatoms. The molecule has 1 aromatic carbocycles. The second-order valence-electron chi connectivity index (χ2n) is 5.38. The Morgan fingerprint density at radius 3 is 2.65 bits per heavy atom. The zero-order chi connectivity index (χ0) is 12.1. The van der Waals surface area contributed by atoms with Gasteiger partial charge in [0, 0.05) is 18.8 Å². The monoisotopic (exact) mass is 232 g/mol. The van der Waals surface area contributed by atoms with E-state index in [-0.39, 0.29) is 0 Å². The fraction of sp³-hybridized carbons (Fsp3) is 0.600. The summed E-state index contributed by atoms with van der Waals surface area (Å²) in [7, 11) is 2.24. The van der Waals surface area contributed by atoms with Gasteiger partial charge < -0.3 is 10.2 Å². The zero-order valence-electron chi connectivity index (χ0n) is 11.0. The van der Waals surface area contributed by atoms with Crippen LogP contribution in [0.15, 0.2) is 30.3 Å². The van der Waals surface area contributed by atoms with Crippen LogP contribution in [0.2, 0.25) is 0 Å². The van der Waals surface area contributed by atoms with Crippen LogP contribution in [0, 0.1) is 11.8 Å². The number of anilines is 1. The third-order valence-electron chi connectivity index (χ3n) is 3.64. The second kappa shape index (κ2) is 6.06. The predicted molar refractivity (Wildman–Crippen MR) is 74.3 cm³/mol. The smallest absolute Gasteiger partial charge is 0.0340 e. The van der Waals surface area contributed by atoms with E-state index in [1.807, 2.05) is 0 Å². The van der Waals surface area contributed by atoms with Gasteiger partial charge in [0.25, 0.3) is 0 Å². The molecule has 1 fully saturated rings. The Balaban J connectivity index is 1.54. The van der Waals surface area contributed by atoms with Crippen LogP contribution >= 0.6 is 0 Å². The molecule has 17 heavy (non-hydrogen) atoms. The highest BCUT2D eigenvalue weighted by molar-refractivity contribution is 5.42. The van der Waals surface area contributed by atoms with E-state index in [0.29, 0.717) is 0 Å². The van der Waals surface area contributed by atoms with Gasteiger partial charge in [0.05, 0.1) is 0 Å². The van der Waals surface area contributed by atoms with Gasteiger partial charge in [-0.25, -0.2) is 0 Å². The number of nitrogens with zero attached hydrogens (tertiary/aromatic N) is 1. The molecule has 0 amide bonds. The topological polar surface area (TPSA) is 15.3 Å². The van der Waals surface area contributed by atoms with Gasteiger partial charge in [0.15, 0.2) is 0 Å². The number of nitrogens with one attached hydrogen (secondary N) is 1. The summed E-state index contributed by atoms with van der Waals surface area (Å²) in [5, 5.41) is 3.45. The van der Waals surface area contributed by atoms with Gasteiger partial charge in [0.2, 0.25) is 0 Å². The van der Waals surface area contributed by atoms with Crippen molar-refractivity contribution < 1.29 is 0 Å². The molecular weight excluding hydrogens is 208 g/mol. The normalized spacial score (nSPS) is 22.8. The summed E-state index contributed by atoms with van der Waals surface area (Å²) < 4.78 is 0. The first-order chi connectivity index (χ1) is 8.25. The first-order valence-electron chi connectivity index (χ1n) is 6.73. The molecule has 94 valence electrons. The summed E-state index contributed by atoms with van der Waals surface area (Å²) in [6, 6.07) is 10.4. The summed E-state index contributed by atoms with van der Waals surface area (Å²) in [5.41, 5.74) is 1.23. The highest BCUT2D eigenvalue weighted by Crippen LogP contribution is 2.37. The van der Waals surface area contributed by atoms with Crippen LogP contribution in [0.3, 0.4) is 0 Å². The quantitative estimate of drug-likeness (QED) is 0.727. The van der Waals surface area contributed by atoms with Gasteiger partial charge in [-0.15, -0.1) is 0 Å². The second-order valence-corrected chi connectivity index (χ2v) is 5.38. The van der Waals surface area contributed by atoms with Gasteiger partial charge in [-0.05, 0) is 50.4 Å². The molecule has 1 aliphatic rings. The van der Waals surface area contributed by atoms with Crippen molar-refractivity contribution in [2.45, 2.75) is 19.8 Å². The summed E-state index contributed by atoms with van der Waals surface area (Å²) in [6.45, 7) is 5.90. The van der Waals surface area contributed by atoms with E-state index in [9.17, 15) is 0 Å². The molecule has 2 rings (SSSR count). The molecule has 1 aromatic rings. The molecule has 0 spiro atoms. The van der Waals surface area contributed by atoms with Crippen LogP contribution in [0.25, 0.3) is 0 Å². The summed E-state index contributed by atoms with van der Waals surface area (Å²) in [4.78, 5) is 2.47. The van der Waals surface area contributed by atoms with Crippen molar-refractivity contribution in [1.82, 2.24) is 4.90 Å². The van der Waals surface area contributed by atoms with E-state index >= 15 is 0 Å². The SMILES string of the molecule is CC1CC1CN(C)CCCNc1ccccc1. The fourth-order valence-corrected chi connectivity index (χ4v) is 2.28. The van der Waals surface area contributed by atoms with E-state index < -0.39 is 0 Å². The Labute approximate surface area is 105 Å². The van der Waals surface area contributed by atoms with Crippen molar-refractivity contribution in [3.63, 3.8) is 0 Å². The molecule has 1 aliphatic carbocycles. The number of benzene rings is 1. The van der Waals surface area contributed by atoms with E-state index in [4.69, 9.17) is 0 Å². The third kappa shape index (κ3) is 4.39. The van der Waals surface area contributed by atoms with Crippen molar-refractivity contribution in [3.8, 4) is 0 Å². The van der Waals surface area contributed by atoms with Gasteiger partial charge in [-0.2, -0.15) is 0 Å². The van der Waals surface area contributed by atoms with Crippen LogP contribution in [0.4, 0.5) is 5.69 Å². The lowest BCUT2D eigenvalue weighted by Crippen LogP contribution is -2.24. The maximum atomic E-state index is 3.45. The van der Waals surface area contributed by atoms with E-state index in [2.05, 4.69) is 54.5 Å². The minimum absolute atomic E-state index is 0.972. The highest BCUT2D eigenvalue weighted by atomic mass is 15.1. The Hall–Kier alpha value is -1.02. The Morgan fingerprint density at radius 2 is 2.00 bits per heavy atom. The molecule has 0 bridgehead atoms. The van der Waals surface area contributed by atoms with Gasteiger partial charge in [0.1, 0.15) is 0 Å². The minimum Gasteiger partial charge on any atom is -0.385 e. The van der Waals surface area contributed by atoms with E-state index in [1.54, 1.807) is 0 Å². The molecule has 0 radical (unpaired) electrons. The lowest BCUT2D eigenvalue weighted by molar-refractivity contribution is 0.314. The summed E-state index contributed by atoms with van der Waals surface area (Å²) in [6.07, 6.45) is 2.65. The molecule has 0 saturated heterocycles. The molecule has 0 aliphatic heterocycles. The first kappa shape index (κ1) is 12.4. The van der Waals surface area contributed by atoms with Crippen LogP contribution in [-0.4, -0.2) is 31.6 Å². The van der Waals surface area contributed by atoms with Crippen molar-refractivity contribution in [2.24, 2.45) is 11.8 Å². The molecule has 0 aromatic heterocycles. The zero-order valence-corrected chi connectivity index (χ0v) is 11.0. The fourth-order valence-electron chi connectivity index (χ4n) is 2.28. The van der Waals surface area contributed by atoms with Crippen LogP contribution < -0.4 is 5.32 Å². The summed E-state index contributed by atoms with van der Waals surface area (Å²) in [5.74, 6) is 1.95. The Morgan fingerprint density at radius 1 is 1.29 bits per heavy atom. The number of hydrogen-bond donors (Lipinski definition) is 1. The lowest BCUT2D eigenvalue weighted by atomic mass is 10.3. The maximum absolute atomic E-state index is 3.45. The number of para-hydroxylation sites is 1. The molecule has 2 nitrogen and oxygen atoms in total. The van der Waals surface area contributed by atoms with E-state index in [0.717, 1.165) is 18.4 Å². The first-order valence-corrected chi connectivity index (χ1v) is 6.73. The minimum atomic E-state index is 0.972. The van der Waals surface area contributed by atoms with Crippen LogP contribution in [0.5, 0.6) is 0 Å². The lowest BCUT2D eigenvalue weighted by Gasteiger charge is -2.16. The number of rotatable bonds is 7. The number of hydrogen-bond acceptors (Lipinski definition) is 2. The van der Waals surface area contributed by atoms with Crippen molar-refractivity contribution >= 4 is 5.69 Å². The third-order valence-corrected chi connectivity index (χ3v) is 3.64. The predicted octanol–water partition coefficient (Wildman–Crippen LogP) is 3.08. The molecule has 1 saturated carbocycles. The standard InChI is InChI=1S/C15H24N2/c1-13-11-14(13)12-17(2)10-6-9-16-15-7-4-3-5-8-15/h3-5,7-8,13-14,16H,6,9-12H2,1-2H3. The van der Waals surface area contributed by atoms with Crippen LogP contribution in [0.1, 0.15) is 19.8 Å². The summed E-state index contributed by atoms with van der Waals surface area (Å²) >= 11 is 0.